The van der Waals surface area contributed by atoms with Gasteiger partial charge in [0.05, 0.1) is 12.0 Å². The van der Waals surface area contributed by atoms with Gasteiger partial charge in [0.15, 0.2) is 0 Å². The van der Waals surface area contributed by atoms with Crippen molar-refractivity contribution in [2.24, 2.45) is 11.8 Å². The van der Waals surface area contributed by atoms with E-state index in [1.807, 2.05) is 6.92 Å². The molecule has 88 valence electrons. The molecule has 1 amide bonds. The minimum atomic E-state index is -0.108. The molecule has 15 heavy (non-hydrogen) atoms. The van der Waals surface area contributed by atoms with Gasteiger partial charge in [0.1, 0.15) is 0 Å². The average molecular weight is 215 g/mol. The van der Waals surface area contributed by atoms with E-state index in [0.29, 0.717) is 6.10 Å². The van der Waals surface area contributed by atoms with Crippen molar-refractivity contribution in [1.82, 2.24) is 10.3 Å². The van der Waals surface area contributed by atoms with Gasteiger partial charge in [0.25, 0.3) is 0 Å². The number of carbonyl (C=O) groups excluding carboxylic acids is 1. The number of hydrogen-bond acceptors (Lipinski definition) is 4. The molecule has 0 aromatic carbocycles. The summed E-state index contributed by atoms with van der Waals surface area (Å²) in [5, 5.41) is 0. The highest BCUT2D eigenvalue weighted by Crippen LogP contribution is 2.19. The van der Waals surface area contributed by atoms with Crippen LogP contribution in [0.3, 0.4) is 0 Å². The first-order chi connectivity index (χ1) is 7.10. The van der Waals surface area contributed by atoms with Crippen LogP contribution in [0.2, 0.25) is 0 Å². The van der Waals surface area contributed by atoms with Gasteiger partial charge in [-0.15, -0.1) is 0 Å². The number of nitrogens with two attached hydrogens (primary N) is 1. The number of rotatable bonds is 4. The monoisotopic (exact) mass is 215 g/mol. The van der Waals surface area contributed by atoms with Crippen LogP contribution in [0, 0.1) is 5.92 Å². The van der Waals surface area contributed by atoms with Crippen LogP contribution in [0.25, 0.3) is 0 Å². The highest BCUT2D eigenvalue weighted by Gasteiger charge is 2.30. The molecule has 1 aliphatic heterocycles. The summed E-state index contributed by atoms with van der Waals surface area (Å²) < 4.78 is 5.29. The second-order valence-corrected chi connectivity index (χ2v) is 4.18. The minimum Gasteiger partial charge on any atom is -0.380 e. The molecule has 3 N–H and O–H groups in total. The van der Waals surface area contributed by atoms with E-state index in [-0.39, 0.29) is 17.9 Å². The maximum Gasteiger partial charge on any atom is 0.238 e. The molecule has 0 radical (unpaired) electrons. The molecular formula is C10H21N3O2. The summed E-state index contributed by atoms with van der Waals surface area (Å²) in [6, 6.07) is 0.202. The van der Waals surface area contributed by atoms with Crippen LogP contribution < -0.4 is 11.3 Å². The Hall–Kier alpha value is -0.650. The predicted molar refractivity (Wildman–Crippen MR) is 57.9 cm³/mol. The quantitative estimate of drug-likeness (QED) is 0.384. The van der Waals surface area contributed by atoms with Crippen LogP contribution in [0.4, 0.5) is 0 Å². The van der Waals surface area contributed by atoms with Crippen LogP contribution in [0.1, 0.15) is 20.3 Å². The topological polar surface area (TPSA) is 67.6 Å². The smallest absolute Gasteiger partial charge is 0.238 e. The van der Waals surface area contributed by atoms with Gasteiger partial charge < -0.3 is 4.74 Å². The first kappa shape index (κ1) is 12.4. The van der Waals surface area contributed by atoms with Crippen LogP contribution in [-0.4, -0.2) is 43.2 Å². The third-order valence-electron chi connectivity index (χ3n) is 3.37. The fourth-order valence-electron chi connectivity index (χ4n) is 1.98. The first-order valence-corrected chi connectivity index (χ1v) is 5.37. The Balaban J connectivity index is 2.47. The summed E-state index contributed by atoms with van der Waals surface area (Å²) in [4.78, 5) is 13.6. The Labute approximate surface area is 90.9 Å². The maximum absolute atomic E-state index is 11.4. The van der Waals surface area contributed by atoms with Crippen LogP contribution in [-0.2, 0) is 9.53 Å². The van der Waals surface area contributed by atoms with E-state index in [0.717, 1.165) is 19.5 Å². The van der Waals surface area contributed by atoms with E-state index in [1.165, 1.54) is 0 Å². The highest BCUT2D eigenvalue weighted by atomic mass is 16.5. The molecule has 0 aromatic rings. The fourth-order valence-corrected chi connectivity index (χ4v) is 1.98. The van der Waals surface area contributed by atoms with Gasteiger partial charge in [0, 0.05) is 26.2 Å². The molecule has 1 saturated heterocycles. The number of amides is 1. The summed E-state index contributed by atoms with van der Waals surface area (Å²) in [5.41, 5.74) is 2.20. The largest absolute Gasteiger partial charge is 0.380 e. The molecule has 0 aromatic heterocycles. The zero-order valence-electron chi connectivity index (χ0n) is 9.69. The van der Waals surface area contributed by atoms with E-state index >= 15 is 0 Å². The van der Waals surface area contributed by atoms with Gasteiger partial charge in [-0.05, 0) is 13.3 Å². The van der Waals surface area contributed by atoms with Crippen LogP contribution >= 0.6 is 0 Å². The molecule has 5 heteroatoms. The number of hydrazine groups is 1. The van der Waals surface area contributed by atoms with E-state index in [2.05, 4.69) is 17.2 Å². The lowest BCUT2D eigenvalue weighted by Gasteiger charge is -2.28. The van der Waals surface area contributed by atoms with Gasteiger partial charge in [-0.1, -0.05) is 6.92 Å². The normalized spacial score (nSPS) is 26.3. The van der Waals surface area contributed by atoms with Crippen molar-refractivity contribution in [2.75, 3.05) is 20.2 Å². The molecule has 0 spiro atoms. The molecular weight excluding hydrogens is 194 g/mol. The van der Waals surface area contributed by atoms with Crippen LogP contribution in [0.15, 0.2) is 0 Å². The summed E-state index contributed by atoms with van der Waals surface area (Å²) in [6.45, 7) is 5.84. The van der Waals surface area contributed by atoms with E-state index in [1.54, 1.807) is 7.11 Å². The number of likely N-dealkylation sites (tertiary alicyclic amines) is 1. The molecule has 1 aliphatic rings. The maximum atomic E-state index is 11.4. The number of methoxy groups -OCH3 is 1. The van der Waals surface area contributed by atoms with Crippen molar-refractivity contribution in [3.63, 3.8) is 0 Å². The number of hydrogen-bond donors (Lipinski definition) is 2. The SMILES string of the molecule is COC1CCN(C(C)C(C)C(=O)NN)C1. The Morgan fingerprint density at radius 2 is 2.27 bits per heavy atom. The van der Waals surface area contributed by atoms with Gasteiger partial charge in [-0.2, -0.15) is 0 Å². The van der Waals surface area contributed by atoms with Crippen molar-refractivity contribution in [3.8, 4) is 0 Å². The van der Waals surface area contributed by atoms with Crippen molar-refractivity contribution in [3.05, 3.63) is 0 Å². The second kappa shape index (κ2) is 5.44. The lowest BCUT2D eigenvalue weighted by Crippen LogP contribution is -2.45. The molecule has 3 unspecified atom stereocenters. The lowest BCUT2D eigenvalue weighted by atomic mass is 10.0. The zero-order valence-corrected chi connectivity index (χ0v) is 9.69. The fraction of sp³-hybridized carbons (Fsp3) is 0.900. The Bertz CT molecular complexity index is 223. The van der Waals surface area contributed by atoms with Crippen molar-refractivity contribution in [1.29, 1.82) is 0 Å². The third-order valence-corrected chi connectivity index (χ3v) is 3.37. The summed E-state index contributed by atoms with van der Waals surface area (Å²) in [6.07, 6.45) is 1.35. The van der Waals surface area contributed by atoms with Crippen molar-refractivity contribution < 1.29 is 9.53 Å². The number of ether oxygens (including phenoxy) is 1. The number of nitrogens with one attached hydrogen (secondary N) is 1. The molecule has 5 nitrogen and oxygen atoms in total. The first-order valence-electron chi connectivity index (χ1n) is 5.37. The van der Waals surface area contributed by atoms with Gasteiger partial charge in [0.2, 0.25) is 5.91 Å². The van der Waals surface area contributed by atoms with E-state index < -0.39 is 0 Å². The molecule has 1 rings (SSSR count). The molecule has 0 aliphatic carbocycles. The number of nitrogens with zero attached hydrogens (tertiary/aromatic N) is 1. The van der Waals surface area contributed by atoms with Crippen LogP contribution in [0.5, 0.6) is 0 Å². The molecule has 1 fully saturated rings. The van der Waals surface area contributed by atoms with Crippen molar-refractivity contribution >= 4 is 5.91 Å². The molecule has 3 atom stereocenters. The second-order valence-electron chi connectivity index (χ2n) is 4.18. The summed E-state index contributed by atoms with van der Waals surface area (Å²) in [7, 11) is 1.73. The Morgan fingerprint density at radius 1 is 1.60 bits per heavy atom. The third kappa shape index (κ3) is 2.90. The Morgan fingerprint density at radius 3 is 2.73 bits per heavy atom. The van der Waals surface area contributed by atoms with Gasteiger partial charge in [-0.25, -0.2) is 5.84 Å². The van der Waals surface area contributed by atoms with E-state index in [4.69, 9.17) is 10.6 Å². The lowest BCUT2D eigenvalue weighted by molar-refractivity contribution is -0.126. The zero-order chi connectivity index (χ0) is 11.4. The van der Waals surface area contributed by atoms with Gasteiger partial charge in [-0.3, -0.25) is 15.1 Å². The summed E-state index contributed by atoms with van der Waals surface area (Å²) in [5.74, 6) is 4.92. The summed E-state index contributed by atoms with van der Waals surface area (Å²) >= 11 is 0. The van der Waals surface area contributed by atoms with Crippen molar-refractivity contribution in [2.45, 2.75) is 32.4 Å². The van der Waals surface area contributed by atoms with E-state index in [9.17, 15) is 4.79 Å². The molecule has 1 heterocycles. The molecule has 0 bridgehead atoms. The van der Waals surface area contributed by atoms with Gasteiger partial charge >= 0.3 is 0 Å². The average Bonchev–Trinajstić information content (AvgIpc) is 2.74. The highest BCUT2D eigenvalue weighted by molar-refractivity contribution is 5.78. The number of carbonyl (C=O) groups is 1. The minimum absolute atomic E-state index is 0.0920. The standard InChI is InChI=1S/C10H21N3O2/c1-7(10(14)12-11)8(2)13-5-4-9(6-13)15-3/h7-9H,4-6,11H2,1-3H3,(H,12,14). The Kier molecular flexibility index (Phi) is 4.50. The molecule has 0 saturated carbocycles. The predicted octanol–water partition coefficient (Wildman–Crippen LogP) is -0.278.